The van der Waals surface area contributed by atoms with Gasteiger partial charge in [-0.3, -0.25) is 19.3 Å². The lowest BCUT2D eigenvalue weighted by molar-refractivity contribution is -0.134. The van der Waals surface area contributed by atoms with E-state index in [0.717, 1.165) is 17.3 Å². The number of ether oxygens (including phenoxy) is 2. The molecule has 10 heteroatoms. The highest BCUT2D eigenvalue weighted by Crippen LogP contribution is 2.34. The Balaban J connectivity index is 1.32. The van der Waals surface area contributed by atoms with Gasteiger partial charge in [-0.25, -0.2) is 0 Å². The highest BCUT2D eigenvalue weighted by atomic mass is 35.5. The van der Waals surface area contributed by atoms with Crippen LogP contribution in [0.15, 0.2) is 42.5 Å². The van der Waals surface area contributed by atoms with E-state index in [0.29, 0.717) is 16.3 Å². The third kappa shape index (κ3) is 4.27. The van der Waals surface area contributed by atoms with E-state index in [1.807, 2.05) is 30.3 Å². The maximum absolute atomic E-state index is 12.6. The zero-order chi connectivity index (χ0) is 21.3. The Kier molecular flexibility index (Phi) is 6.19. The summed E-state index contributed by atoms with van der Waals surface area (Å²) in [7, 11) is 0. The van der Waals surface area contributed by atoms with E-state index in [1.165, 1.54) is 21.9 Å². The van der Waals surface area contributed by atoms with Crippen LogP contribution in [0.4, 0.5) is 4.79 Å². The summed E-state index contributed by atoms with van der Waals surface area (Å²) >= 11 is 12.8. The van der Waals surface area contributed by atoms with Gasteiger partial charge in [0.05, 0.1) is 28.8 Å². The zero-order valence-corrected chi connectivity index (χ0v) is 17.9. The summed E-state index contributed by atoms with van der Waals surface area (Å²) in [5.41, 5.74) is 0.239. The molecule has 1 atom stereocenters. The first-order chi connectivity index (χ1) is 14.4. The number of rotatable bonds is 6. The fraction of sp³-hybridized carbons (Fsp3) is 0.250. The average molecular weight is 467 g/mol. The Morgan fingerprint density at radius 3 is 2.60 bits per heavy atom. The number of hydrogen-bond donors (Lipinski definition) is 0. The molecule has 0 spiro atoms. The first-order valence-electron chi connectivity index (χ1n) is 9.02. The lowest BCUT2D eigenvalue weighted by atomic mass is 10.1. The summed E-state index contributed by atoms with van der Waals surface area (Å²) < 4.78 is 11.1. The average Bonchev–Trinajstić information content (AvgIpc) is 3.00. The first-order valence-corrected chi connectivity index (χ1v) is 10.7. The largest absolute Gasteiger partial charge is 0.472 e. The predicted molar refractivity (Wildman–Crippen MR) is 113 cm³/mol. The minimum Gasteiger partial charge on any atom is -0.472 e. The van der Waals surface area contributed by atoms with Crippen LogP contribution in [0.25, 0.3) is 0 Å². The molecule has 30 heavy (non-hydrogen) atoms. The molecule has 4 rings (SSSR count). The summed E-state index contributed by atoms with van der Waals surface area (Å²) in [6, 6.07) is 12.2. The summed E-state index contributed by atoms with van der Waals surface area (Å²) in [5, 5.41) is 0.212. The van der Waals surface area contributed by atoms with Crippen LogP contribution >= 0.6 is 35.0 Å². The van der Waals surface area contributed by atoms with Crippen LogP contribution in [-0.4, -0.2) is 52.2 Å². The van der Waals surface area contributed by atoms with E-state index in [1.54, 1.807) is 0 Å². The molecule has 1 saturated heterocycles. The number of benzene rings is 2. The Labute approximate surface area is 186 Å². The van der Waals surface area contributed by atoms with Gasteiger partial charge in [0, 0.05) is 12.6 Å². The van der Waals surface area contributed by atoms with Crippen molar-refractivity contribution in [2.45, 2.75) is 12.0 Å². The number of amides is 3. The van der Waals surface area contributed by atoms with Crippen molar-refractivity contribution in [1.82, 2.24) is 9.80 Å². The number of carbonyl (C=O) groups excluding carboxylic acids is 3. The van der Waals surface area contributed by atoms with Gasteiger partial charge in [-0.2, -0.15) is 0 Å². The molecule has 156 valence electrons. The molecular weight excluding hydrogens is 451 g/mol. The van der Waals surface area contributed by atoms with Crippen LogP contribution in [0.5, 0.6) is 5.75 Å². The van der Waals surface area contributed by atoms with Crippen LogP contribution in [0, 0.1) is 0 Å². The van der Waals surface area contributed by atoms with E-state index in [4.69, 9.17) is 32.7 Å². The van der Waals surface area contributed by atoms with Crippen molar-refractivity contribution < 1.29 is 23.9 Å². The molecule has 2 aliphatic heterocycles. The second-order valence-electron chi connectivity index (χ2n) is 6.60. The number of thioether (sulfide) groups is 1. The standard InChI is InChI=1S/C20H16Cl2N2O5S/c21-14-8-13-16(9-15(14)22)29-11-23(17(13)25)6-7-28-19-18(26)24(20(27)30-19)10-12-4-2-1-3-5-12/h1-5,8-9,19H,6-7,10-11H2. The van der Waals surface area contributed by atoms with Crippen molar-refractivity contribution >= 4 is 52.0 Å². The van der Waals surface area contributed by atoms with Gasteiger partial charge in [0.15, 0.2) is 12.2 Å². The quantitative estimate of drug-likeness (QED) is 0.639. The second kappa shape index (κ2) is 8.85. The smallest absolute Gasteiger partial charge is 0.291 e. The molecule has 2 aliphatic rings. The highest BCUT2D eigenvalue weighted by Gasteiger charge is 2.40. The summed E-state index contributed by atoms with van der Waals surface area (Å²) in [6.07, 6.45) is 0. The van der Waals surface area contributed by atoms with Gasteiger partial charge in [-0.05, 0) is 23.4 Å². The Bertz CT molecular complexity index is 1000. The van der Waals surface area contributed by atoms with Gasteiger partial charge in [0.1, 0.15) is 5.75 Å². The number of hydrogen-bond acceptors (Lipinski definition) is 6. The molecule has 0 radical (unpaired) electrons. The molecule has 0 N–H and O–H groups in total. The van der Waals surface area contributed by atoms with Crippen LogP contribution < -0.4 is 4.74 Å². The van der Waals surface area contributed by atoms with Crippen molar-refractivity contribution in [1.29, 1.82) is 0 Å². The third-order valence-electron chi connectivity index (χ3n) is 4.63. The van der Waals surface area contributed by atoms with Gasteiger partial charge in [-0.15, -0.1) is 0 Å². The molecule has 2 aromatic rings. The van der Waals surface area contributed by atoms with Crippen molar-refractivity contribution in [3.05, 3.63) is 63.6 Å². The van der Waals surface area contributed by atoms with Crippen molar-refractivity contribution in [3.8, 4) is 5.75 Å². The van der Waals surface area contributed by atoms with Crippen LogP contribution in [0.3, 0.4) is 0 Å². The SMILES string of the molecule is O=C1c2cc(Cl)c(Cl)cc2OCN1CCOC1SC(=O)N(Cc2ccccc2)C1=O. The number of carbonyl (C=O) groups is 3. The van der Waals surface area contributed by atoms with Gasteiger partial charge < -0.3 is 14.4 Å². The van der Waals surface area contributed by atoms with Gasteiger partial charge in [0.2, 0.25) is 0 Å². The molecule has 0 aromatic heterocycles. The monoisotopic (exact) mass is 466 g/mol. The van der Waals surface area contributed by atoms with E-state index in [9.17, 15) is 14.4 Å². The molecule has 0 aliphatic carbocycles. The lowest BCUT2D eigenvalue weighted by Gasteiger charge is -2.29. The number of nitrogens with zero attached hydrogens (tertiary/aromatic N) is 2. The van der Waals surface area contributed by atoms with Gasteiger partial charge in [-0.1, -0.05) is 53.5 Å². The maximum Gasteiger partial charge on any atom is 0.291 e. The predicted octanol–water partition coefficient (Wildman–Crippen LogP) is 4.02. The van der Waals surface area contributed by atoms with E-state index in [-0.39, 0.29) is 42.6 Å². The molecular formula is C20H16Cl2N2O5S. The van der Waals surface area contributed by atoms with Crippen molar-refractivity contribution in [2.24, 2.45) is 0 Å². The normalized spacial score (nSPS) is 18.6. The molecule has 2 heterocycles. The Morgan fingerprint density at radius 2 is 1.83 bits per heavy atom. The number of fused-ring (bicyclic) bond motifs is 1. The minimum atomic E-state index is -0.928. The number of imide groups is 1. The van der Waals surface area contributed by atoms with E-state index >= 15 is 0 Å². The van der Waals surface area contributed by atoms with Crippen molar-refractivity contribution in [3.63, 3.8) is 0 Å². The van der Waals surface area contributed by atoms with Crippen molar-refractivity contribution in [2.75, 3.05) is 19.9 Å². The lowest BCUT2D eigenvalue weighted by Crippen LogP contribution is -2.41. The minimum absolute atomic E-state index is 0.0258. The molecule has 1 unspecified atom stereocenters. The van der Waals surface area contributed by atoms with Crippen LogP contribution in [0.1, 0.15) is 15.9 Å². The van der Waals surface area contributed by atoms with E-state index in [2.05, 4.69) is 0 Å². The summed E-state index contributed by atoms with van der Waals surface area (Å²) in [4.78, 5) is 40.0. The highest BCUT2D eigenvalue weighted by molar-refractivity contribution is 8.15. The molecule has 2 aromatic carbocycles. The summed E-state index contributed by atoms with van der Waals surface area (Å²) in [6.45, 7) is 0.485. The Morgan fingerprint density at radius 1 is 1.10 bits per heavy atom. The fourth-order valence-corrected chi connectivity index (χ4v) is 4.24. The van der Waals surface area contributed by atoms with Crippen LogP contribution in [0.2, 0.25) is 10.0 Å². The maximum atomic E-state index is 12.6. The molecule has 3 amide bonds. The summed E-state index contributed by atoms with van der Waals surface area (Å²) in [5.74, 6) is -0.303. The molecule has 0 bridgehead atoms. The fourth-order valence-electron chi connectivity index (χ4n) is 3.06. The molecule has 7 nitrogen and oxygen atoms in total. The van der Waals surface area contributed by atoms with Crippen LogP contribution in [-0.2, 0) is 16.1 Å². The molecule has 0 saturated carbocycles. The van der Waals surface area contributed by atoms with E-state index < -0.39 is 11.3 Å². The number of halogens is 2. The molecule has 1 fully saturated rings. The first kappa shape index (κ1) is 21.0. The van der Waals surface area contributed by atoms with Gasteiger partial charge in [0.25, 0.3) is 17.1 Å². The Hall–Kier alpha value is -2.26. The third-order valence-corrected chi connectivity index (χ3v) is 6.32. The second-order valence-corrected chi connectivity index (χ2v) is 8.43. The zero-order valence-electron chi connectivity index (χ0n) is 15.5. The topological polar surface area (TPSA) is 76.2 Å². The van der Waals surface area contributed by atoms with Gasteiger partial charge >= 0.3 is 0 Å².